The van der Waals surface area contributed by atoms with Crippen molar-refractivity contribution in [2.75, 3.05) is 19.6 Å². The van der Waals surface area contributed by atoms with Crippen molar-refractivity contribution in [3.63, 3.8) is 0 Å². The van der Waals surface area contributed by atoms with Gasteiger partial charge in [-0.1, -0.05) is 42.5 Å². The Bertz CT molecular complexity index is 605. The molecule has 1 aliphatic heterocycles. The monoisotopic (exact) mass is 309 g/mol. The van der Waals surface area contributed by atoms with Crippen LogP contribution in [0.1, 0.15) is 24.8 Å². The van der Waals surface area contributed by atoms with Gasteiger partial charge in [-0.15, -0.1) is 0 Å². The molecular formula is C19H23N3O. The molecule has 1 aliphatic carbocycles. The van der Waals surface area contributed by atoms with E-state index in [0.717, 1.165) is 38.9 Å². The van der Waals surface area contributed by atoms with Gasteiger partial charge in [0.1, 0.15) is 6.04 Å². The average Bonchev–Trinajstić information content (AvgIpc) is 2.63. The van der Waals surface area contributed by atoms with Gasteiger partial charge in [0, 0.05) is 32.1 Å². The van der Waals surface area contributed by atoms with Gasteiger partial charge in [0.25, 0.3) is 0 Å². The summed E-state index contributed by atoms with van der Waals surface area (Å²) in [6.45, 7) is 2.79. The van der Waals surface area contributed by atoms with Gasteiger partial charge in [-0.25, -0.2) is 0 Å². The zero-order valence-corrected chi connectivity index (χ0v) is 13.4. The lowest BCUT2D eigenvalue weighted by molar-refractivity contribution is -0.138. The number of carbonyl (C=O) groups excluding carboxylic acids is 1. The Balaban J connectivity index is 1.61. The van der Waals surface area contributed by atoms with Crippen molar-refractivity contribution in [3.8, 4) is 6.07 Å². The third kappa shape index (κ3) is 3.80. The Kier molecular flexibility index (Phi) is 5.09. The zero-order chi connectivity index (χ0) is 16.1. The van der Waals surface area contributed by atoms with Gasteiger partial charge < -0.3 is 4.90 Å². The highest BCUT2D eigenvalue weighted by Crippen LogP contribution is 2.23. The second-order valence-electron chi connectivity index (χ2n) is 6.37. The smallest absolute Gasteiger partial charge is 0.226 e. The van der Waals surface area contributed by atoms with Gasteiger partial charge in [0.05, 0.1) is 6.07 Å². The summed E-state index contributed by atoms with van der Waals surface area (Å²) in [5.41, 5.74) is 1.21. The average molecular weight is 309 g/mol. The maximum Gasteiger partial charge on any atom is 0.226 e. The summed E-state index contributed by atoms with van der Waals surface area (Å²) >= 11 is 0. The number of piperazine rings is 1. The molecule has 0 aromatic heterocycles. The van der Waals surface area contributed by atoms with E-state index in [4.69, 9.17) is 0 Å². The molecule has 0 N–H and O–H groups in total. The molecule has 3 rings (SSSR count). The highest BCUT2D eigenvalue weighted by Gasteiger charge is 2.32. The van der Waals surface area contributed by atoms with Crippen LogP contribution in [0.5, 0.6) is 0 Å². The Morgan fingerprint density at radius 3 is 2.74 bits per heavy atom. The number of amides is 1. The molecule has 4 heteroatoms. The summed E-state index contributed by atoms with van der Waals surface area (Å²) < 4.78 is 0. The quantitative estimate of drug-likeness (QED) is 0.806. The van der Waals surface area contributed by atoms with Crippen molar-refractivity contribution in [2.45, 2.75) is 31.8 Å². The lowest BCUT2D eigenvalue weighted by Crippen LogP contribution is -2.55. The van der Waals surface area contributed by atoms with Crippen LogP contribution in [-0.4, -0.2) is 41.4 Å². The number of carbonyl (C=O) groups is 1. The van der Waals surface area contributed by atoms with Crippen LogP contribution in [0.2, 0.25) is 0 Å². The highest BCUT2D eigenvalue weighted by molar-refractivity contribution is 5.79. The summed E-state index contributed by atoms with van der Waals surface area (Å²) in [6.07, 6.45) is 7.04. The van der Waals surface area contributed by atoms with E-state index in [1.54, 1.807) is 0 Å². The molecule has 23 heavy (non-hydrogen) atoms. The first-order valence-electron chi connectivity index (χ1n) is 8.39. The van der Waals surface area contributed by atoms with Crippen molar-refractivity contribution >= 4 is 5.91 Å². The Hall–Kier alpha value is -2.12. The summed E-state index contributed by atoms with van der Waals surface area (Å²) in [4.78, 5) is 16.7. The minimum atomic E-state index is -0.216. The second-order valence-corrected chi connectivity index (χ2v) is 6.37. The van der Waals surface area contributed by atoms with Crippen molar-refractivity contribution in [3.05, 3.63) is 48.0 Å². The Labute approximate surface area is 138 Å². The van der Waals surface area contributed by atoms with E-state index in [2.05, 4.69) is 35.3 Å². The number of nitrogens with zero attached hydrogens (tertiary/aromatic N) is 3. The van der Waals surface area contributed by atoms with Crippen molar-refractivity contribution < 1.29 is 4.79 Å². The molecule has 1 aromatic rings. The molecule has 0 unspecified atom stereocenters. The van der Waals surface area contributed by atoms with E-state index < -0.39 is 0 Å². The molecule has 1 fully saturated rings. The molecule has 1 aromatic carbocycles. The van der Waals surface area contributed by atoms with Crippen LogP contribution in [-0.2, 0) is 11.3 Å². The first-order valence-corrected chi connectivity index (χ1v) is 8.39. The minimum absolute atomic E-state index is 0.111. The van der Waals surface area contributed by atoms with Crippen molar-refractivity contribution in [1.29, 1.82) is 5.26 Å². The van der Waals surface area contributed by atoms with Gasteiger partial charge in [-0.2, -0.15) is 5.26 Å². The molecule has 1 amide bonds. The van der Waals surface area contributed by atoms with Crippen LogP contribution in [0.4, 0.5) is 0 Å². The SMILES string of the molecule is N#C[C@H]1CN(C(=O)[C@@H]2CC=CCC2)CCN1Cc1ccccc1. The molecule has 1 heterocycles. The fourth-order valence-electron chi connectivity index (χ4n) is 3.43. The van der Waals surface area contributed by atoms with Crippen LogP contribution in [0.25, 0.3) is 0 Å². The van der Waals surface area contributed by atoms with Crippen LogP contribution in [0.3, 0.4) is 0 Å². The number of allylic oxidation sites excluding steroid dienone is 2. The zero-order valence-electron chi connectivity index (χ0n) is 13.4. The molecule has 0 radical (unpaired) electrons. The second kappa shape index (κ2) is 7.43. The lowest BCUT2D eigenvalue weighted by Gasteiger charge is -2.39. The molecule has 0 bridgehead atoms. The van der Waals surface area contributed by atoms with Gasteiger partial charge in [0.2, 0.25) is 5.91 Å². The van der Waals surface area contributed by atoms with E-state index in [1.165, 1.54) is 5.56 Å². The third-order valence-electron chi connectivity index (χ3n) is 4.80. The summed E-state index contributed by atoms with van der Waals surface area (Å²) in [6, 6.07) is 12.4. The Morgan fingerprint density at radius 2 is 2.04 bits per heavy atom. The lowest BCUT2D eigenvalue weighted by atomic mass is 9.92. The highest BCUT2D eigenvalue weighted by atomic mass is 16.2. The minimum Gasteiger partial charge on any atom is -0.339 e. The van der Waals surface area contributed by atoms with Crippen molar-refractivity contribution in [1.82, 2.24) is 9.80 Å². The summed E-state index contributed by atoms with van der Waals surface area (Å²) in [5.74, 6) is 0.342. The first kappa shape index (κ1) is 15.8. The van der Waals surface area contributed by atoms with Crippen molar-refractivity contribution in [2.24, 2.45) is 5.92 Å². The topological polar surface area (TPSA) is 47.3 Å². The number of hydrogen-bond donors (Lipinski definition) is 0. The molecule has 2 aliphatic rings. The molecule has 4 nitrogen and oxygen atoms in total. The molecule has 0 saturated carbocycles. The maximum atomic E-state index is 12.6. The molecule has 120 valence electrons. The Morgan fingerprint density at radius 1 is 1.22 bits per heavy atom. The number of hydrogen-bond acceptors (Lipinski definition) is 3. The van der Waals surface area contributed by atoms with E-state index in [9.17, 15) is 10.1 Å². The standard InChI is InChI=1S/C19H23N3O/c20-13-18-15-22(19(23)17-9-5-2-6-10-17)12-11-21(18)14-16-7-3-1-4-8-16/h1-5,7-8,17-18H,6,9-12,14-15H2/t17-,18+/m1/s1. The third-order valence-corrected chi connectivity index (χ3v) is 4.80. The van der Waals surface area contributed by atoms with Crippen LogP contribution >= 0.6 is 0 Å². The molecule has 0 spiro atoms. The van der Waals surface area contributed by atoms with Gasteiger partial charge >= 0.3 is 0 Å². The predicted molar refractivity (Wildman–Crippen MR) is 89.3 cm³/mol. The van der Waals surface area contributed by atoms with Gasteiger partial charge in [-0.3, -0.25) is 9.69 Å². The fraction of sp³-hybridized carbons (Fsp3) is 0.474. The molecule has 1 saturated heterocycles. The summed E-state index contributed by atoms with van der Waals surface area (Å²) in [7, 11) is 0. The normalized spacial score (nSPS) is 25.1. The molecule has 2 atom stereocenters. The maximum absolute atomic E-state index is 12.6. The number of benzene rings is 1. The summed E-state index contributed by atoms with van der Waals surface area (Å²) in [5, 5.41) is 9.51. The first-order chi connectivity index (χ1) is 11.3. The predicted octanol–water partition coefficient (Wildman–Crippen LogP) is 2.58. The largest absolute Gasteiger partial charge is 0.339 e. The van der Waals surface area contributed by atoms with E-state index in [1.807, 2.05) is 23.1 Å². The van der Waals surface area contributed by atoms with Gasteiger partial charge in [0.15, 0.2) is 0 Å². The van der Waals surface area contributed by atoms with E-state index >= 15 is 0 Å². The van der Waals surface area contributed by atoms with Crippen LogP contribution in [0.15, 0.2) is 42.5 Å². The van der Waals surface area contributed by atoms with Crippen LogP contribution < -0.4 is 0 Å². The van der Waals surface area contributed by atoms with E-state index in [-0.39, 0.29) is 17.9 Å². The van der Waals surface area contributed by atoms with Gasteiger partial charge in [-0.05, 0) is 24.8 Å². The molecular weight excluding hydrogens is 286 g/mol. The van der Waals surface area contributed by atoms with Crippen LogP contribution in [0, 0.1) is 17.2 Å². The number of rotatable bonds is 3. The number of nitriles is 1. The van der Waals surface area contributed by atoms with E-state index in [0.29, 0.717) is 6.54 Å². The fourth-order valence-corrected chi connectivity index (χ4v) is 3.43.